The van der Waals surface area contributed by atoms with Crippen molar-refractivity contribution < 1.29 is 0 Å². The minimum absolute atomic E-state index is 0. The summed E-state index contributed by atoms with van der Waals surface area (Å²) in [5, 5.41) is 4.37. The SMILES string of the molecule is C[PH](c1ccccc1)(c1ccccc1)c1ccccc1.I.I.I. The molecule has 0 atom stereocenters. The largest absolute Gasteiger partial charge is 0.107 e. The molecule has 4 heteroatoms. The van der Waals surface area contributed by atoms with E-state index < -0.39 is 7.26 Å². The Balaban J connectivity index is 0.00000161. The van der Waals surface area contributed by atoms with Crippen LogP contribution in [0.25, 0.3) is 0 Å². The Morgan fingerprint density at radius 2 is 0.652 bits per heavy atom. The van der Waals surface area contributed by atoms with Gasteiger partial charge in [0, 0.05) is 0 Å². The van der Waals surface area contributed by atoms with Gasteiger partial charge in [0.25, 0.3) is 0 Å². The molecule has 0 aliphatic carbocycles. The van der Waals surface area contributed by atoms with Crippen LogP contribution in [-0.2, 0) is 0 Å². The summed E-state index contributed by atoms with van der Waals surface area (Å²) in [5.74, 6) is 0. The van der Waals surface area contributed by atoms with Gasteiger partial charge in [-0.1, -0.05) is 0 Å². The van der Waals surface area contributed by atoms with Gasteiger partial charge in [0.1, 0.15) is 0 Å². The van der Waals surface area contributed by atoms with Crippen molar-refractivity contribution in [2.75, 3.05) is 6.66 Å². The van der Waals surface area contributed by atoms with Crippen molar-refractivity contribution >= 4 is 95.1 Å². The van der Waals surface area contributed by atoms with Gasteiger partial charge in [-0.2, -0.15) is 0 Å². The van der Waals surface area contributed by atoms with Crippen molar-refractivity contribution in [1.82, 2.24) is 0 Å². The minimum atomic E-state index is -1.88. The molecule has 23 heavy (non-hydrogen) atoms. The molecule has 0 fully saturated rings. The van der Waals surface area contributed by atoms with Crippen LogP contribution in [0.5, 0.6) is 0 Å². The maximum atomic E-state index is 2.44. The molecule has 0 amide bonds. The molecule has 0 bridgehead atoms. The van der Waals surface area contributed by atoms with Crippen molar-refractivity contribution in [3.05, 3.63) is 91.0 Å². The van der Waals surface area contributed by atoms with Gasteiger partial charge >= 0.3 is 121 Å². The Morgan fingerprint density at radius 3 is 0.870 bits per heavy atom. The van der Waals surface area contributed by atoms with Crippen molar-refractivity contribution in [2.45, 2.75) is 0 Å². The Kier molecular flexibility index (Phi) is 11.1. The minimum Gasteiger partial charge on any atom is -0.107 e. The maximum Gasteiger partial charge on any atom is -0.107 e. The molecule has 3 rings (SSSR count). The van der Waals surface area contributed by atoms with Crippen LogP contribution in [-0.4, -0.2) is 6.66 Å². The number of benzene rings is 3. The first-order valence-corrected chi connectivity index (χ1v) is 9.48. The maximum absolute atomic E-state index is 2.44. The van der Waals surface area contributed by atoms with Gasteiger partial charge < -0.3 is 0 Å². The monoisotopic (exact) mass is 662 g/mol. The van der Waals surface area contributed by atoms with Crippen molar-refractivity contribution in [1.29, 1.82) is 0 Å². The molecule has 0 saturated heterocycles. The molecule has 0 aromatic heterocycles. The van der Waals surface area contributed by atoms with Crippen molar-refractivity contribution in [3.63, 3.8) is 0 Å². The molecule has 3 aromatic rings. The normalized spacial score (nSPS) is 10.5. The van der Waals surface area contributed by atoms with Crippen LogP contribution >= 0.6 is 79.2 Å². The van der Waals surface area contributed by atoms with Crippen LogP contribution in [0.3, 0.4) is 0 Å². The summed E-state index contributed by atoms with van der Waals surface area (Å²) in [7, 11) is -1.88. The topological polar surface area (TPSA) is 0 Å². The summed E-state index contributed by atoms with van der Waals surface area (Å²) in [6.07, 6.45) is 0. The Morgan fingerprint density at radius 1 is 0.435 bits per heavy atom. The summed E-state index contributed by atoms with van der Waals surface area (Å²) in [6, 6.07) is 32.8. The Hall–Kier alpha value is 0.280. The van der Waals surface area contributed by atoms with Gasteiger partial charge in [-0.25, -0.2) is 0 Å². The second-order valence-electron chi connectivity index (χ2n) is 5.22. The first-order valence-electron chi connectivity index (χ1n) is 6.98. The molecule has 0 nitrogen and oxygen atoms in total. The quantitative estimate of drug-likeness (QED) is 0.268. The fourth-order valence-corrected chi connectivity index (χ4v) is 6.39. The van der Waals surface area contributed by atoms with Crippen LogP contribution in [0.2, 0.25) is 0 Å². The molecular formula is C19H22I3P. The molecule has 124 valence electrons. The molecule has 0 aliphatic rings. The molecular weight excluding hydrogens is 640 g/mol. The molecule has 0 heterocycles. The van der Waals surface area contributed by atoms with Crippen LogP contribution in [0, 0.1) is 0 Å². The van der Waals surface area contributed by atoms with Gasteiger partial charge in [-0.05, 0) is 0 Å². The van der Waals surface area contributed by atoms with Gasteiger partial charge in [-0.15, -0.1) is 71.9 Å². The zero-order valence-electron chi connectivity index (χ0n) is 12.9. The fourth-order valence-electron chi connectivity index (χ4n) is 2.81. The van der Waals surface area contributed by atoms with Gasteiger partial charge in [0.15, 0.2) is 0 Å². The van der Waals surface area contributed by atoms with E-state index in [9.17, 15) is 0 Å². The van der Waals surface area contributed by atoms with Crippen LogP contribution in [0.15, 0.2) is 91.0 Å². The third kappa shape index (κ3) is 5.13. The average Bonchev–Trinajstić information content (AvgIpc) is 2.56. The number of hydrogen-bond acceptors (Lipinski definition) is 0. The third-order valence-electron chi connectivity index (χ3n) is 4.05. The van der Waals surface area contributed by atoms with Crippen LogP contribution in [0.4, 0.5) is 0 Å². The van der Waals surface area contributed by atoms with Crippen molar-refractivity contribution in [3.8, 4) is 0 Å². The standard InChI is InChI=1S/C19H19P.3HI/c1-20(17-11-5-2-6-12-17,18-13-7-3-8-14-18)19-15-9-4-10-16-19;;;/h2-16,20H,1H3;3*1H. The van der Waals surface area contributed by atoms with Crippen LogP contribution in [0.1, 0.15) is 0 Å². The van der Waals surface area contributed by atoms with Gasteiger partial charge in [0.05, 0.1) is 0 Å². The van der Waals surface area contributed by atoms with Gasteiger partial charge in [-0.3, -0.25) is 0 Å². The van der Waals surface area contributed by atoms with Crippen molar-refractivity contribution in [2.24, 2.45) is 0 Å². The molecule has 0 aliphatic heterocycles. The third-order valence-corrected chi connectivity index (χ3v) is 8.52. The number of hydrogen-bond donors (Lipinski definition) is 0. The van der Waals surface area contributed by atoms with E-state index in [4.69, 9.17) is 0 Å². The predicted octanol–water partition coefficient (Wildman–Crippen LogP) is 5.20. The molecule has 0 saturated carbocycles. The number of rotatable bonds is 3. The molecule has 0 spiro atoms. The molecule has 0 unspecified atom stereocenters. The summed E-state index contributed by atoms with van der Waals surface area (Å²) < 4.78 is 0. The second-order valence-corrected chi connectivity index (χ2v) is 9.21. The zero-order chi connectivity index (χ0) is 13.8. The Bertz CT molecular complexity index is 576. The Labute approximate surface area is 190 Å². The second kappa shape index (κ2) is 11.0. The van der Waals surface area contributed by atoms with E-state index in [0.717, 1.165) is 0 Å². The van der Waals surface area contributed by atoms with E-state index in [-0.39, 0.29) is 71.9 Å². The van der Waals surface area contributed by atoms with E-state index in [1.807, 2.05) is 0 Å². The summed E-state index contributed by atoms with van der Waals surface area (Å²) >= 11 is 0. The van der Waals surface area contributed by atoms with Crippen LogP contribution < -0.4 is 15.9 Å². The predicted molar refractivity (Wildman–Crippen MR) is 139 cm³/mol. The molecule has 0 N–H and O–H groups in total. The summed E-state index contributed by atoms with van der Waals surface area (Å²) in [6.45, 7) is 2.44. The average molecular weight is 662 g/mol. The zero-order valence-corrected chi connectivity index (χ0v) is 20.9. The molecule has 3 aromatic carbocycles. The van der Waals surface area contributed by atoms with E-state index in [2.05, 4.69) is 97.7 Å². The smallest absolute Gasteiger partial charge is 0.107 e. The summed E-state index contributed by atoms with van der Waals surface area (Å²) in [4.78, 5) is 0. The van der Waals surface area contributed by atoms with E-state index in [0.29, 0.717) is 0 Å². The number of halogens is 3. The fraction of sp³-hybridized carbons (Fsp3) is 0.0526. The van der Waals surface area contributed by atoms with E-state index >= 15 is 0 Å². The van der Waals surface area contributed by atoms with E-state index in [1.165, 1.54) is 15.9 Å². The van der Waals surface area contributed by atoms with E-state index in [1.54, 1.807) is 0 Å². The first kappa shape index (κ1) is 23.3. The first-order chi connectivity index (χ1) is 9.82. The summed E-state index contributed by atoms with van der Waals surface area (Å²) in [5.41, 5.74) is 0. The molecule has 0 radical (unpaired) electrons. The van der Waals surface area contributed by atoms with Gasteiger partial charge in [0.2, 0.25) is 0 Å².